The number of nitrogens with zero attached hydrogens (tertiary/aromatic N) is 1. The summed E-state index contributed by atoms with van der Waals surface area (Å²) < 4.78 is 10.5. The minimum absolute atomic E-state index is 0.00239. The van der Waals surface area contributed by atoms with Gasteiger partial charge in [0, 0.05) is 12.1 Å². The summed E-state index contributed by atoms with van der Waals surface area (Å²) in [6, 6.07) is 1.75. The summed E-state index contributed by atoms with van der Waals surface area (Å²) in [4.78, 5) is 13.0. The van der Waals surface area contributed by atoms with Crippen LogP contribution in [0.1, 0.15) is 28.8 Å². The van der Waals surface area contributed by atoms with E-state index in [1.807, 2.05) is 6.92 Å². The van der Waals surface area contributed by atoms with Gasteiger partial charge in [-0.05, 0) is 19.5 Å². The summed E-state index contributed by atoms with van der Waals surface area (Å²) in [6.07, 6.45) is 0. The van der Waals surface area contributed by atoms with Gasteiger partial charge in [0.15, 0.2) is 0 Å². The summed E-state index contributed by atoms with van der Waals surface area (Å²) in [5.41, 5.74) is 0.634. The van der Waals surface area contributed by atoms with Gasteiger partial charge in [-0.2, -0.15) is 0 Å². The van der Waals surface area contributed by atoms with Crippen molar-refractivity contribution in [3.8, 4) is 0 Å². The number of carboxylic acid groups (broad SMARTS) is 1. The number of furan rings is 1. The number of likely N-dealkylation sites (N-methyl/N-ethyl adjacent to an activating group) is 1. The Hall–Kier alpha value is -1.37. The Labute approximate surface area is 112 Å². The van der Waals surface area contributed by atoms with Crippen LogP contribution in [0.15, 0.2) is 10.5 Å². The summed E-state index contributed by atoms with van der Waals surface area (Å²) in [7, 11) is 0. The van der Waals surface area contributed by atoms with Crippen molar-refractivity contribution < 1.29 is 24.2 Å². The van der Waals surface area contributed by atoms with E-state index in [2.05, 4.69) is 4.90 Å². The zero-order valence-corrected chi connectivity index (χ0v) is 11.4. The normalized spacial score (nSPS) is 11.2. The van der Waals surface area contributed by atoms with E-state index in [4.69, 9.17) is 19.4 Å². The lowest BCUT2D eigenvalue weighted by molar-refractivity contribution is 0.0647. The molecule has 6 nitrogen and oxygen atoms in total. The molecule has 0 aliphatic rings. The zero-order valence-electron chi connectivity index (χ0n) is 11.4. The Morgan fingerprint density at radius 2 is 2.21 bits per heavy atom. The van der Waals surface area contributed by atoms with Crippen LogP contribution in [-0.2, 0) is 11.3 Å². The maximum Gasteiger partial charge on any atom is 0.372 e. The molecule has 0 radical (unpaired) electrons. The predicted octanol–water partition coefficient (Wildman–Crippen LogP) is 1.12. The predicted molar refractivity (Wildman–Crippen MR) is 69.3 cm³/mol. The highest BCUT2D eigenvalue weighted by atomic mass is 16.5. The third-order valence-corrected chi connectivity index (χ3v) is 2.78. The van der Waals surface area contributed by atoms with Crippen LogP contribution in [0.25, 0.3) is 0 Å². The summed E-state index contributed by atoms with van der Waals surface area (Å²) in [6.45, 7) is 6.68. The summed E-state index contributed by atoms with van der Waals surface area (Å²) >= 11 is 0. The fourth-order valence-electron chi connectivity index (χ4n) is 1.77. The number of hydrogen-bond acceptors (Lipinski definition) is 5. The highest BCUT2D eigenvalue weighted by Gasteiger charge is 2.15. The van der Waals surface area contributed by atoms with Crippen molar-refractivity contribution in [3.63, 3.8) is 0 Å². The van der Waals surface area contributed by atoms with Crippen molar-refractivity contribution in [1.29, 1.82) is 0 Å². The molecule has 0 amide bonds. The van der Waals surface area contributed by atoms with Gasteiger partial charge in [0.25, 0.3) is 0 Å². The second-order valence-corrected chi connectivity index (χ2v) is 4.23. The Kier molecular flexibility index (Phi) is 6.55. The van der Waals surface area contributed by atoms with E-state index in [1.54, 1.807) is 13.0 Å². The largest absolute Gasteiger partial charge is 0.475 e. The van der Waals surface area contributed by atoms with Gasteiger partial charge in [-0.15, -0.1) is 0 Å². The average Bonchev–Trinajstić information content (AvgIpc) is 2.74. The average molecular weight is 271 g/mol. The van der Waals surface area contributed by atoms with Gasteiger partial charge in [-0.1, -0.05) is 6.92 Å². The van der Waals surface area contributed by atoms with Crippen LogP contribution in [0.5, 0.6) is 0 Å². The molecule has 6 heteroatoms. The second-order valence-electron chi connectivity index (χ2n) is 4.23. The number of carboxylic acids is 1. The van der Waals surface area contributed by atoms with Crippen LogP contribution >= 0.6 is 0 Å². The molecule has 1 rings (SSSR count). The molecule has 0 saturated carbocycles. The standard InChI is InChI=1S/C13H21NO5/c1-3-14(4-6-18-7-5-15)9-11-8-10(2)12(19-11)13(16)17/h8,15H,3-7,9H2,1-2H3,(H,16,17). The van der Waals surface area contributed by atoms with Gasteiger partial charge in [-0.3, -0.25) is 4.90 Å². The molecule has 1 aromatic rings. The number of ether oxygens (including phenoxy) is 1. The lowest BCUT2D eigenvalue weighted by atomic mass is 10.2. The first-order valence-electron chi connectivity index (χ1n) is 6.32. The van der Waals surface area contributed by atoms with Gasteiger partial charge in [0.1, 0.15) is 5.76 Å². The van der Waals surface area contributed by atoms with Crippen molar-refractivity contribution in [2.45, 2.75) is 20.4 Å². The molecule has 0 unspecified atom stereocenters. The first-order chi connectivity index (χ1) is 9.08. The number of aryl methyl sites for hydroxylation is 1. The topological polar surface area (TPSA) is 83.1 Å². The third-order valence-electron chi connectivity index (χ3n) is 2.78. The number of carbonyl (C=O) groups is 1. The highest BCUT2D eigenvalue weighted by molar-refractivity contribution is 5.86. The zero-order chi connectivity index (χ0) is 14.3. The van der Waals surface area contributed by atoms with E-state index < -0.39 is 5.97 Å². The fourth-order valence-corrected chi connectivity index (χ4v) is 1.77. The smallest absolute Gasteiger partial charge is 0.372 e. The van der Waals surface area contributed by atoms with Gasteiger partial charge in [0.2, 0.25) is 5.76 Å². The van der Waals surface area contributed by atoms with Crippen LogP contribution in [0, 0.1) is 6.92 Å². The molecule has 1 heterocycles. The molecule has 0 fully saturated rings. The summed E-state index contributed by atoms with van der Waals surface area (Å²) in [5.74, 6) is -0.403. The monoisotopic (exact) mass is 271 g/mol. The molecule has 108 valence electrons. The number of hydrogen-bond donors (Lipinski definition) is 2. The lowest BCUT2D eigenvalue weighted by Crippen LogP contribution is -2.27. The Morgan fingerprint density at radius 3 is 2.74 bits per heavy atom. The molecule has 0 aliphatic carbocycles. The first kappa shape index (κ1) is 15.7. The Bertz CT molecular complexity index is 402. The van der Waals surface area contributed by atoms with Crippen LogP contribution in [-0.4, -0.2) is 54.0 Å². The van der Waals surface area contributed by atoms with Crippen LogP contribution < -0.4 is 0 Å². The molecular weight excluding hydrogens is 250 g/mol. The quantitative estimate of drug-likeness (QED) is 0.655. The van der Waals surface area contributed by atoms with Crippen LogP contribution in [0.2, 0.25) is 0 Å². The van der Waals surface area contributed by atoms with Crippen molar-refractivity contribution in [1.82, 2.24) is 4.90 Å². The third kappa shape index (κ3) is 5.02. The molecule has 2 N–H and O–H groups in total. The second kappa shape index (κ2) is 7.93. The SMILES string of the molecule is CCN(CCOCCO)Cc1cc(C)c(C(=O)O)o1. The van der Waals surface area contributed by atoms with Crippen molar-refractivity contribution in [3.05, 3.63) is 23.2 Å². The maximum absolute atomic E-state index is 10.9. The number of rotatable bonds is 9. The number of aliphatic hydroxyl groups is 1. The minimum atomic E-state index is -1.04. The first-order valence-corrected chi connectivity index (χ1v) is 6.32. The molecule has 0 atom stereocenters. The van der Waals surface area contributed by atoms with E-state index in [-0.39, 0.29) is 12.4 Å². The number of aliphatic hydroxyl groups excluding tert-OH is 1. The summed E-state index contributed by atoms with van der Waals surface area (Å²) in [5, 5.41) is 17.5. The molecular formula is C13H21NO5. The van der Waals surface area contributed by atoms with E-state index in [9.17, 15) is 4.79 Å². The number of aromatic carboxylic acids is 1. The molecule has 1 aromatic heterocycles. The maximum atomic E-state index is 10.9. The van der Waals surface area contributed by atoms with Gasteiger partial charge in [-0.25, -0.2) is 4.79 Å². The van der Waals surface area contributed by atoms with Crippen molar-refractivity contribution in [2.75, 3.05) is 32.9 Å². The molecule has 0 aliphatic heterocycles. The van der Waals surface area contributed by atoms with E-state index in [0.29, 0.717) is 37.6 Å². The highest BCUT2D eigenvalue weighted by Crippen LogP contribution is 2.16. The van der Waals surface area contributed by atoms with Crippen molar-refractivity contribution >= 4 is 5.97 Å². The van der Waals surface area contributed by atoms with Crippen molar-refractivity contribution in [2.24, 2.45) is 0 Å². The van der Waals surface area contributed by atoms with Crippen LogP contribution in [0.3, 0.4) is 0 Å². The van der Waals surface area contributed by atoms with Gasteiger partial charge >= 0.3 is 5.97 Å². The molecule has 0 saturated heterocycles. The fraction of sp³-hybridized carbons (Fsp3) is 0.615. The Balaban J connectivity index is 2.51. The molecule has 0 spiro atoms. The van der Waals surface area contributed by atoms with E-state index in [0.717, 1.165) is 6.54 Å². The molecule has 19 heavy (non-hydrogen) atoms. The van der Waals surface area contributed by atoms with Crippen LogP contribution in [0.4, 0.5) is 0 Å². The van der Waals surface area contributed by atoms with Gasteiger partial charge < -0.3 is 19.4 Å². The molecule has 0 aromatic carbocycles. The minimum Gasteiger partial charge on any atom is -0.475 e. The van der Waals surface area contributed by atoms with E-state index in [1.165, 1.54) is 0 Å². The van der Waals surface area contributed by atoms with E-state index >= 15 is 0 Å². The lowest BCUT2D eigenvalue weighted by Gasteiger charge is -2.18. The molecule has 0 bridgehead atoms. The Morgan fingerprint density at radius 1 is 1.47 bits per heavy atom. The van der Waals surface area contributed by atoms with Gasteiger partial charge in [0.05, 0.1) is 26.4 Å².